The van der Waals surface area contributed by atoms with E-state index in [2.05, 4.69) is 43.5 Å². The number of amides is 1. The van der Waals surface area contributed by atoms with Crippen molar-refractivity contribution in [3.63, 3.8) is 0 Å². The normalized spacial score (nSPS) is 13.6. The van der Waals surface area contributed by atoms with Gasteiger partial charge in [0.15, 0.2) is 0 Å². The maximum atomic E-state index is 12.6. The average molecular weight is 1060 g/mol. The second-order valence-electron chi connectivity index (χ2n) is 23.9. The van der Waals surface area contributed by atoms with E-state index < -0.39 is 36.9 Å². The predicted molar refractivity (Wildman–Crippen MR) is 330 cm³/mol. The summed E-state index contributed by atoms with van der Waals surface area (Å²) in [7, 11) is 0. The topological polar surface area (TPSA) is 110 Å². The maximum absolute atomic E-state index is 12.6. The van der Waals surface area contributed by atoms with Crippen molar-refractivity contribution in [2.45, 2.75) is 404 Å². The first-order valence-corrected chi connectivity index (χ1v) is 34.2. The lowest BCUT2D eigenvalue weighted by Gasteiger charge is -2.27. The van der Waals surface area contributed by atoms with Gasteiger partial charge >= 0.3 is 0 Å². The molecule has 0 aromatic carbocycles. The SMILES string of the molecule is CCCCCCCCCCCCCC/C=C\CCCCCCCCCCCCCCC(O)C(=O)NC(CO)C(O)C(O)CCC/C=C/CCCCCCCCCCCCCCCCCCCCCCCCCCCC. The van der Waals surface area contributed by atoms with E-state index in [0.29, 0.717) is 12.8 Å². The minimum atomic E-state index is -1.28. The van der Waals surface area contributed by atoms with Gasteiger partial charge in [0.25, 0.3) is 0 Å². The number of rotatable bonds is 64. The molecule has 0 saturated carbocycles. The molecule has 446 valence electrons. The highest BCUT2D eigenvalue weighted by atomic mass is 16.3. The number of carbonyl (C=O) groups is 1. The molecule has 0 aliphatic rings. The third-order valence-corrected chi connectivity index (χ3v) is 16.4. The molecule has 0 radical (unpaired) electrons. The largest absolute Gasteiger partial charge is 0.394 e. The van der Waals surface area contributed by atoms with Crippen molar-refractivity contribution in [2.24, 2.45) is 0 Å². The number of unbranched alkanes of at least 4 members (excludes halogenated alkanes) is 51. The summed E-state index contributed by atoms with van der Waals surface area (Å²) in [4.78, 5) is 12.6. The quantitative estimate of drug-likeness (QED) is 0.0308. The summed E-state index contributed by atoms with van der Waals surface area (Å²) in [6, 6.07) is -1.00. The lowest BCUT2D eigenvalue weighted by atomic mass is 10.00. The Morgan fingerprint density at radius 2 is 0.547 bits per heavy atom. The van der Waals surface area contributed by atoms with E-state index in [1.165, 1.54) is 315 Å². The van der Waals surface area contributed by atoms with Crippen LogP contribution in [0, 0.1) is 0 Å². The molecule has 75 heavy (non-hydrogen) atoms. The van der Waals surface area contributed by atoms with E-state index in [0.717, 1.165) is 38.5 Å². The van der Waals surface area contributed by atoms with E-state index in [4.69, 9.17) is 0 Å². The van der Waals surface area contributed by atoms with Gasteiger partial charge in [0.2, 0.25) is 5.91 Å². The van der Waals surface area contributed by atoms with Gasteiger partial charge in [-0.3, -0.25) is 4.79 Å². The third kappa shape index (κ3) is 57.3. The first-order chi connectivity index (χ1) is 37.0. The highest BCUT2D eigenvalue weighted by Gasteiger charge is 2.28. The predicted octanol–water partition coefficient (Wildman–Crippen LogP) is 20.9. The smallest absolute Gasteiger partial charge is 0.249 e. The third-order valence-electron chi connectivity index (χ3n) is 16.4. The number of aliphatic hydroxyl groups excluding tert-OH is 4. The fraction of sp³-hybridized carbons (Fsp3) is 0.928. The summed E-state index contributed by atoms with van der Waals surface area (Å²) < 4.78 is 0. The Bertz CT molecular complexity index is 1140. The van der Waals surface area contributed by atoms with Crippen molar-refractivity contribution in [1.29, 1.82) is 0 Å². The Hall–Kier alpha value is -1.21. The standard InChI is InChI=1S/C69H135NO5/c1-3-5-7-9-11-13-15-17-19-21-23-25-27-29-31-33-34-35-37-38-40-42-44-46-48-50-52-54-56-58-60-62-66(72)68(74)65(64-71)70-69(75)67(73)63-61-59-57-55-53-51-49-47-45-43-41-39-36-32-30-28-26-24-22-20-18-16-14-12-10-8-6-4-2/h30,32,54,56,65-68,71-74H,3-29,31,33-53,55,57-64H2,1-2H3,(H,70,75)/b32-30-,56-54+. The van der Waals surface area contributed by atoms with Gasteiger partial charge in [0.05, 0.1) is 18.8 Å². The monoisotopic (exact) mass is 1060 g/mol. The second kappa shape index (κ2) is 63.6. The molecule has 4 unspecified atom stereocenters. The summed E-state index contributed by atoms with van der Waals surface area (Å²) in [6.07, 6.45) is 80.2. The molecule has 0 heterocycles. The van der Waals surface area contributed by atoms with Crippen molar-refractivity contribution in [3.8, 4) is 0 Å². The van der Waals surface area contributed by atoms with Gasteiger partial charge in [-0.05, 0) is 64.2 Å². The van der Waals surface area contributed by atoms with E-state index in [1.54, 1.807) is 0 Å². The zero-order valence-electron chi connectivity index (χ0n) is 50.8. The Labute approximate surface area is 469 Å². The van der Waals surface area contributed by atoms with Crippen LogP contribution >= 0.6 is 0 Å². The molecule has 0 fully saturated rings. The van der Waals surface area contributed by atoms with E-state index in [9.17, 15) is 25.2 Å². The molecule has 0 aliphatic heterocycles. The first kappa shape index (κ1) is 73.8. The molecular formula is C69H135NO5. The highest BCUT2D eigenvalue weighted by Crippen LogP contribution is 2.19. The highest BCUT2D eigenvalue weighted by molar-refractivity contribution is 5.80. The Kier molecular flexibility index (Phi) is 62.6. The maximum Gasteiger partial charge on any atom is 0.249 e. The van der Waals surface area contributed by atoms with Crippen LogP contribution in [0.4, 0.5) is 0 Å². The van der Waals surface area contributed by atoms with Crippen LogP contribution in [0.3, 0.4) is 0 Å². The van der Waals surface area contributed by atoms with E-state index >= 15 is 0 Å². The van der Waals surface area contributed by atoms with Crippen LogP contribution in [-0.4, -0.2) is 57.3 Å². The van der Waals surface area contributed by atoms with Gasteiger partial charge in [-0.1, -0.05) is 340 Å². The van der Waals surface area contributed by atoms with Gasteiger partial charge in [-0.2, -0.15) is 0 Å². The van der Waals surface area contributed by atoms with Gasteiger partial charge in [0.1, 0.15) is 12.2 Å². The van der Waals surface area contributed by atoms with Crippen molar-refractivity contribution in [3.05, 3.63) is 24.3 Å². The Morgan fingerprint density at radius 1 is 0.320 bits per heavy atom. The first-order valence-electron chi connectivity index (χ1n) is 34.2. The lowest BCUT2D eigenvalue weighted by molar-refractivity contribution is -0.132. The van der Waals surface area contributed by atoms with Crippen LogP contribution in [0.5, 0.6) is 0 Å². The number of hydrogen-bond acceptors (Lipinski definition) is 5. The fourth-order valence-electron chi connectivity index (χ4n) is 11.1. The number of aliphatic hydroxyl groups is 4. The second-order valence-corrected chi connectivity index (χ2v) is 23.9. The average Bonchev–Trinajstić information content (AvgIpc) is 3.42. The molecule has 6 nitrogen and oxygen atoms in total. The molecular weight excluding hydrogens is 923 g/mol. The summed E-state index contributed by atoms with van der Waals surface area (Å²) >= 11 is 0. The van der Waals surface area contributed by atoms with Gasteiger partial charge < -0.3 is 25.7 Å². The number of hydrogen-bond donors (Lipinski definition) is 5. The molecule has 0 spiro atoms. The zero-order chi connectivity index (χ0) is 54.4. The molecule has 0 rings (SSSR count). The summed E-state index contributed by atoms with van der Waals surface area (Å²) in [6.45, 7) is 4.10. The van der Waals surface area contributed by atoms with Gasteiger partial charge in [-0.25, -0.2) is 0 Å². The fourth-order valence-corrected chi connectivity index (χ4v) is 11.1. The van der Waals surface area contributed by atoms with Crippen LogP contribution in [0.15, 0.2) is 24.3 Å². The summed E-state index contributed by atoms with van der Waals surface area (Å²) in [5.74, 6) is -0.587. The molecule has 5 N–H and O–H groups in total. The van der Waals surface area contributed by atoms with E-state index in [1.807, 2.05) is 0 Å². The number of allylic oxidation sites excluding steroid dienone is 4. The lowest BCUT2D eigenvalue weighted by Crippen LogP contribution is -2.53. The van der Waals surface area contributed by atoms with Crippen LogP contribution in [0.1, 0.15) is 380 Å². The number of carbonyl (C=O) groups excluding carboxylic acids is 1. The molecule has 4 atom stereocenters. The summed E-state index contributed by atoms with van der Waals surface area (Å²) in [5, 5.41) is 44.2. The molecule has 0 saturated heterocycles. The number of nitrogens with one attached hydrogen (secondary N) is 1. The molecule has 1 amide bonds. The Balaban J connectivity index is 3.57. The van der Waals surface area contributed by atoms with Crippen LogP contribution in [0.2, 0.25) is 0 Å². The van der Waals surface area contributed by atoms with Crippen molar-refractivity contribution in [2.75, 3.05) is 6.61 Å². The van der Waals surface area contributed by atoms with E-state index in [-0.39, 0.29) is 0 Å². The zero-order valence-corrected chi connectivity index (χ0v) is 50.8. The van der Waals surface area contributed by atoms with Crippen LogP contribution in [0.25, 0.3) is 0 Å². The minimum Gasteiger partial charge on any atom is -0.394 e. The minimum absolute atomic E-state index is 0.365. The van der Waals surface area contributed by atoms with Gasteiger partial charge in [-0.15, -0.1) is 0 Å². The van der Waals surface area contributed by atoms with Crippen molar-refractivity contribution in [1.82, 2.24) is 5.32 Å². The van der Waals surface area contributed by atoms with Crippen molar-refractivity contribution >= 4 is 5.91 Å². The van der Waals surface area contributed by atoms with Gasteiger partial charge in [0, 0.05) is 0 Å². The molecule has 6 heteroatoms. The van der Waals surface area contributed by atoms with Crippen LogP contribution < -0.4 is 5.32 Å². The molecule has 0 bridgehead atoms. The molecule has 0 aliphatic carbocycles. The molecule has 0 aromatic heterocycles. The summed E-state index contributed by atoms with van der Waals surface area (Å²) in [5.41, 5.74) is 0. The molecule has 0 aromatic rings. The Morgan fingerprint density at radius 3 is 0.800 bits per heavy atom. The van der Waals surface area contributed by atoms with Crippen LogP contribution in [-0.2, 0) is 4.79 Å². The van der Waals surface area contributed by atoms with Crippen molar-refractivity contribution < 1.29 is 25.2 Å².